The van der Waals surface area contributed by atoms with Gasteiger partial charge in [0.05, 0.1) is 13.2 Å². The van der Waals surface area contributed by atoms with Gasteiger partial charge in [0, 0.05) is 12.0 Å². The van der Waals surface area contributed by atoms with E-state index < -0.39 is 47.4 Å². The normalized spacial score (nSPS) is 26.2. The summed E-state index contributed by atoms with van der Waals surface area (Å²) < 4.78 is 126. The molecule has 0 aliphatic heterocycles. The molecule has 1 unspecified atom stereocenters. The van der Waals surface area contributed by atoms with Crippen LogP contribution in [-0.4, -0.2) is 41.6 Å². The number of hydrogen-bond acceptors (Lipinski definition) is 2. The first kappa shape index (κ1) is 19.7. The third-order valence-corrected chi connectivity index (χ3v) is 4.15. The lowest BCUT2D eigenvalue weighted by atomic mass is 9.87. The topological polar surface area (TPSA) is 29.5 Å². The predicted molar refractivity (Wildman–Crippen MR) is 66.2 cm³/mol. The minimum absolute atomic E-state index is 0.262. The van der Waals surface area contributed by atoms with Crippen molar-refractivity contribution in [2.45, 2.75) is 41.9 Å². The lowest BCUT2D eigenvalue weighted by molar-refractivity contribution is -0.303. The van der Waals surface area contributed by atoms with Crippen molar-refractivity contribution in [1.29, 1.82) is 0 Å². The molecular weight excluding hydrogens is 371 g/mol. The zero-order valence-corrected chi connectivity index (χ0v) is 12.4. The van der Waals surface area contributed by atoms with Crippen LogP contribution in [-0.2, 0) is 0 Å². The Morgan fingerprint density at radius 3 is 1.72 bits per heavy atom. The number of aliphatic hydroxyl groups is 1. The highest BCUT2D eigenvalue weighted by molar-refractivity contribution is 5.36. The van der Waals surface area contributed by atoms with Crippen LogP contribution in [0.25, 0.3) is 0 Å². The van der Waals surface area contributed by atoms with Crippen molar-refractivity contribution in [2.24, 2.45) is 0 Å². The van der Waals surface area contributed by atoms with E-state index >= 15 is 0 Å². The monoisotopic (exact) mass is 382 g/mol. The van der Waals surface area contributed by atoms with Crippen LogP contribution in [0.3, 0.4) is 0 Å². The van der Waals surface area contributed by atoms with Gasteiger partial charge in [-0.1, -0.05) is 18.2 Å². The molecule has 0 amide bonds. The van der Waals surface area contributed by atoms with Crippen LogP contribution < -0.4 is 4.74 Å². The van der Waals surface area contributed by atoms with Crippen LogP contribution in [0.5, 0.6) is 5.75 Å². The van der Waals surface area contributed by atoms with Gasteiger partial charge in [0.2, 0.25) is 0 Å². The van der Waals surface area contributed by atoms with E-state index in [2.05, 4.69) is 0 Å². The van der Waals surface area contributed by atoms with Gasteiger partial charge in [-0.05, 0) is 6.07 Å². The summed E-state index contributed by atoms with van der Waals surface area (Å²) in [5.74, 6) is -26.4. The fraction of sp³-hybridized carbons (Fsp3) is 0.571. The number of para-hydroxylation sites is 1. The van der Waals surface area contributed by atoms with E-state index in [1.165, 1.54) is 12.1 Å². The number of alkyl halides is 9. The molecule has 0 spiro atoms. The summed E-state index contributed by atoms with van der Waals surface area (Å²) in [6.07, 6.45) is -4.94. The van der Waals surface area contributed by atoms with Crippen LogP contribution in [0.15, 0.2) is 24.3 Å². The van der Waals surface area contributed by atoms with Gasteiger partial charge in [0.25, 0.3) is 5.67 Å². The van der Waals surface area contributed by atoms with Crippen LogP contribution in [0, 0.1) is 0 Å². The molecule has 0 heterocycles. The molecule has 0 aromatic heterocycles. The van der Waals surface area contributed by atoms with Crippen molar-refractivity contribution in [1.82, 2.24) is 0 Å². The number of hydrogen-bond donors (Lipinski definition) is 1. The fourth-order valence-electron chi connectivity index (χ4n) is 2.66. The van der Waals surface area contributed by atoms with Gasteiger partial charge >= 0.3 is 23.7 Å². The number of aliphatic hydroxyl groups excluding tert-OH is 1. The van der Waals surface area contributed by atoms with Gasteiger partial charge in [-0.2, -0.15) is 35.1 Å². The second-order valence-corrected chi connectivity index (χ2v) is 5.56. The highest BCUT2D eigenvalue weighted by atomic mass is 19.4. The fourth-order valence-corrected chi connectivity index (χ4v) is 2.66. The lowest BCUT2D eigenvalue weighted by Gasteiger charge is -2.32. The Bertz CT molecular complexity index is 633. The molecule has 11 heteroatoms. The van der Waals surface area contributed by atoms with Crippen LogP contribution in [0.1, 0.15) is 18.1 Å². The molecule has 2 nitrogen and oxygen atoms in total. The van der Waals surface area contributed by atoms with E-state index in [1.807, 2.05) is 0 Å². The van der Waals surface area contributed by atoms with Gasteiger partial charge in [-0.3, -0.25) is 0 Å². The molecule has 2 rings (SSSR count). The van der Waals surface area contributed by atoms with Gasteiger partial charge in [-0.15, -0.1) is 0 Å². The number of halogens is 9. The minimum atomic E-state index is -6.65. The van der Waals surface area contributed by atoms with Crippen molar-refractivity contribution >= 4 is 0 Å². The van der Waals surface area contributed by atoms with Gasteiger partial charge in [0.15, 0.2) is 0 Å². The first-order valence-corrected chi connectivity index (χ1v) is 6.70. The standard InChI is InChI=1S/C14H11F9O2/c1-25-9-5-3-2-4-7(9)8(24)6-10(15)11(16,17)13(20,21)14(22,23)12(10,18)19/h2-5,8,24H,6H2,1H3. The number of methoxy groups -OCH3 is 1. The second-order valence-electron chi connectivity index (χ2n) is 5.56. The summed E-state index contributed by atoms with van der Waals surface area (Å²) in [7, 11) is 1.04. The number of ether oxygens (including phenoxy) is 1. The molecule has 1 atom stereocenters. The molecule has 1 saturated carbocycles. The lowest BCUT2D eigenvalue weighted by Crippen LogP contribution is -2.55. The Kier molecular flexibility index (Phi) is 4.27. The average Bonchev–Trinajstić information content (AvgIpc) is 2.57. The quantitative estimate of drug-likeness (QED) is 0.784. The molecule has 1 fully saturated rings. The molecule has 1 N–H and O–H groups in total. The SMILES string of the molecule is COc1ccccc1C(O)CC1(F)C(F)(F)C(F)(F)C(F)(F)C1(F)F. The molecule has 0 saturated heterocycles. The third kappa shape index (κ3) is 2.17. The van der Waals surface area contributed by atoms with E-state index in [0.29, 0.717) is 0 Å². The molecule has 0 radical (unpaired) electrons. The van der Waals surface area contributed by atoms with Gasteiger partial charge in [0.1, 0.15) is 5.75 Å². The van der Waals surface area contributed by atoms with Crippen LogP contribution in [0.4, 0.5) is 39.5 Å². The summed E-state index contributed by atoms with van der Waals surface area (Å²) in [6.45, 7) is 0. The van der Waals surface area contributed by atoms with Crippen molar-refractivity contribution in [3.05, 3.63) is 29.8 Å². The summed E-state index contributed by atoms with van der Waals surface area (Å²) in [5.41, 5.74) is -6.21. The predicted octanol–water partition coefficient (Wildman–Crippen LogP) is 4.38. The minimum Gasteiger partial charge on any atom is -0.496 e. The maximum atomic E-state index is 14.4. The summed E-state index contributed by atoms with van der Waals surface area (Å²) in [6, 6.07) is 4.59. The van der Waals surface area contributed by atoms with E-state index in [0.717, 1.165) is 19.2 Å². The smallest absolute Gasteiger partial charge is 0.381 e. The molecule has 1 aromatic rings. The largest absolute Gasteiger partial charge is 0.496 e. The first-order chi connectivity index (χ1) is 11.2. The third-order valence-electron chi connectivity index (χ3n) is 4.15. The summed E-state index contributed by atoms with van der Waals surface area (Å²) in [5, 5.41) is 9.79. The molecule has 142 valence electrons. The van der Waals surface area contributed by atoms with Crippen molar-refractivity contribution < 1.29 is 49.4 Å². The number of rotatable bonds is 4. The highest BCUT2D eigenvalue weighted by Crippen LogP contribution is 2.70. The van der Waals surface area contributed by atoms with Gasteiger partial charge in [-0.25, -0.2) is 4.39 Å². The number of benzene rings is 1. The molecule has 25 heavy (non-hydrogen) atoms. The van der Waals surface area contributed by atoms with Crippen molar-refractivity contribution in [3.8, 4) is 5.75 Å². The van der Waals surface area contributed by atoms with E-state index in [1.54, 1.807) is 0 Å². The van der Waals surface area contributed by atoms with E-state index in [9.17, 15) is 44.6 Å². The van der Waals surface area contributed by atoms with Crippen molar-refractivity contribution in [3.63, 3.8) is 0 Å². The Morgan fingerprint density at radius 1 is 0.840 bits per heavy atom. The Morgan fingerprint density at radius 2 is 1.28 bits per heavy atom. The highest BCUT2D eigenvalue weighted by Gasteiger charge is 3.00. The van der Waals surface area contributed by atoms with E-state index in [-0.39, 0.29) is 5.75 Å². The Hall–Kier alpha value is -1.65. The average molecular weight is 382 g/mol. The molecule has 1 aromatic carbocycles. The molecule has 0 bridgehead atoms. The van der Waals surface area contributed by atoms with E-state index in [4.69, 9.17) is 4.74 Å². The van der Waals surface area contributed by atoms with Crippen LogP contribution in [0.2, 0.25) is 0 Å². The first-order valence-electron chi connectivity index (χ1n) is 6.70. The Balaban J connectivity index is 2.53. The molecule has 1 aliphatic rings. The zero-order valence-electron chi connectivity index (χ0n) is 12.4. The molecule has 1 aliphatic carbocycles. The second kappa shape index (κ2) is 5.42. The maximum Gasteiger partial charge on any atom is 0.381 e. The maximum absolute atomic E-state index is 14.4. The summed E-state index contributed by atoms with van der Waals surface area (Å²) in [4.78, 5) is 0. The Labute approximate surface area is 135 Å². The zero-order chi connectivity index (χ0) is 19.5. The summed E-state index contributed by atoms with van der Waals surface area (Å²) >= 11 is 0. The molecular formula is C14H11F9O2. The van der Waals surface area contributed by atoms with Gasteiger partial charge < -0.3 is 9.84 Å². The van der Waals surface area contributed by atoms with Crippen LogP contribution >= 0.6 is 0 Å². The van der Waals surface area contributed by atoms with Crippen molar-refractivity contribution in [2.75, 3.05) is 7.11 Å².